The zero-order chi connectivity index (χ0) is 13.3. The van der Waals surface area contributed by atoms with Gasteiger partial charge in [-0.05, 0) is 55.6 Å². The van der Waals surface area contributed by atoms with E-state index in [1.807, 2.05) is 0 Å². The first-order valence-corrected chi connectivity index (χ1v) is 6.80. The van der Waals surface area contributed by atoms with Crippen LogP contribution in [0, 0.1) is 5.82 Å². The zero-order valence-corrected chi connectivity index (χ0v) is 12.8. The monoisotopic (exact) mass is 394 g/mol. The molecule has 1 aromatic heterocycles. The van der Waals surface area contributed by atoms with Gasteiger partial charge in [0.05, 0.1) is 17.2 Å². The Kier molecular flexibility index (Phi) is 4.19. The van der Waals surface area contributed by atoms with Crippen molar-refractivity contribution in [3.8, 4) is 0 Å². The first-order valence-electron chi connectivity index (χ1n) is 4.84. The van der Waals surface area contributed by atoms with E-state index in [1.165, 1.54) is 29.1 Å². The van der Waals surface area contributed by atoms with Gasteiger partial charge in [0.25, 0.3) is 5.56 Å². The van der Waals surface area contributed by atoms with Gasteiger partial charge in [0.15, 0.2) is 0 Å². The van der Waals surface area contributed by atoms with Crippen molar-refractivity contribution in [1.29, 1.82) is 0 Å². The highest BCUT2D eigenvalue weighted by Gasteiger charge is 2.09. The van der Waals surface area contributed by atoms with Crippen molar-refractivity contribution < 1.29 is 4.39 Å². The molecule has 0 N–H and O–H groups in total. The van der Waals surface area contributed by atoms with Gasteiger partial charge in [-0.25, -0.2) is 9.07 Å². The molecule has 2 aromatic rings. The van der Waals surface area contributed by atoms with Gasteiger partial charge in [0.1, 0.15) is 10.3 Å². The predicted octanol–water partition coefficient (Wildman–Crippen LogP) is 3.61. The molecular weight excluding hydrogens is 390 g/mol. The van der Waals surface area contributed by atoms with E-state index in [1.54, 1.807) is 0 Å². The van der Waals surface area contributed by atoms with E-state index in [-0.39, 0.29) is 12.1 Å². The van der Waals surface area contributed by atoms with Crippen LogP contribution in [0.1, 0.15) is 5.56 Å². The lowest BCUT2D eigenvalue weighted by Crippen LogP contribution is -2.24. The minimum Gasteiger partial charge on any atom is -0.266 e. The summed E-state index contributed by atoms with van der Waals surface area (Å²) in [7, 11) is 0. The van der Waals surface area contributed by atoms with Crippen LogP contribution < -0.4 is 5.56 Å². The highest BCUT2D eigenvalue weighted by molar-refractivity contribution is 9.13. The van der Waals surface area contributed by atoms with Crippen LogP contribution in [0.25, 0.3) is 0 Å². The Balaban J connectivity index is 2.44. The Morgan fingerprint density at radius 3 is 2.83 bits per heavy atom. The van der Waals surface area contributed by atoms with E-state index < -0.39 is 5.82 Å². The summed E-state index contributed by atoms with van der Waals surface area (Å²) < 4.78 is 15.2. The topological polar surface area (TPSA) is 34.9 Å². The first kappa shape index (κ1) is 13.7. The highest BCUT2D eigenvalue weighted by Crippen LogP contribution is 2.19. The lowest BCUT2D eigenvalue weighted by atomic mass is 10.2. The molecule has 0 saturated carbocycles. The molecule has 0 aliphatic rings. The van der Waals surface area contributed by atoms with Crippen LogP contribution >= 0.6 is 43.5 Å². The van der Waals surface area contributed by atoms with Gasteiger partial charge in [-0.3, -0.25) is 4.79 Å². The van der Waals surface area contributed by atoms with Crippen LogP contribution in [-0.4, -0.2) is 9.78 Å². The molecule has 0 unspecified atom stereocenters. The molecule has 0 bridgehead atoms. The molecule has 7 heteroatoms. The van der Waals surface area contributed by atoms with Crippen LogP contribution in [0.2, 0.25) is 5.02 Å². The third-order valence-corrected chi connectivity index (χ3v) is 4.54. The second-order valence-electron chi connectivity index (χ2n) is 3.51. The van der Waals surface area contributed by atoms with Gasteiger partial charge in [-0.1, -0.05) is 11.6 Å². The summed E-state index contributed by atoms with van der Waals surface area (Å²) in [5.41, 5.74) is 0.185. The highest BCUT2D eigenvalue weighted by atomic mass is 79.9. The second kappa shape index (κ2) is 5.50. The summed E-state index contributed by atoms with van der Waals surface area (Å²) in [5.74, 6) is -0.404. The average molecular weight is 396 g/mol. The minimum absolute atomic E-state index is 0.112. The molecule has 1 heterocycles. The predicted molar refractivity (Wildman–Crippen MR) is 74.4 cm³/mol. The molecule has 94 valence electrons. The molecular formula is C11H6Br2ClFN2O. The number of aromatic nitrogens is 2. The molecule has 0 atom stereocenters. The lowest BCUT2D eigenvalue weighted by Gasteiger charge is -2.07. The third kappa shape index (κ3) is 2.81. The van der Waals surface area contributed by atoms with Crippen molar-refractivity contribution in [3.63, 3.8) is 0 Å². The van der Waals surface area contributed by atoms with E-state index in [0.717, 1.165) is 0 Å². The fourth-order valence-electron chi connectivity index (χ4n) is 1.38. The summed E-state index contributed by atoms with van der Waals surface area (Å²) in [4.78, 5) is 11.9. The molecule has 0 amide bonds. The summed E-state index contributed by atoms with van der Waals surface area (Å²) >= 11 is 12.3. The number of rotatable bonds is 2. The van der Waals surface area contributed by atoms with E-state index in [2.05, 4.69) is 37.0 Å². The fourth-order valence-corrected chi connectivity index (χ4v) is 2.13. The zero-order valence-electron chi connectivity index (χ0n) is 8.83. The number of nitrogens with zero attached hydrogens (tertiary/aromatic N) is 2. The average Bonchev–Trinajstić information content (AvgIpc) is 2.34. The quantitative estimate of drug-likeness (QED) is 0.777. The summed E-state index contributed by atoms with van der Waals surface area (Å²) in [6.07, 6.45) is 1.48. The van der Waals surface area contributed by atoms with E-state index in [0.29, 0.717) is 19.5 Å². The number of hydrogen-bond donors (Lipinski definition) is 0. The Morgan fingerprint density at radius 2 is 2.11 bits per heavy atom. The Bertz CT molecular complexity index is 660. The Hall–Kier alpha value is -0.720. The van der Waals surface area contributed by atoms with E-state index >= 15 is 0 Å². The standard InChI is InChI=1S/C11H6Br2ClFN2O/c12-8-4-16-17(11(18)10(8)13)5-6-3-7(15)1-2-9(6)14/h1-4H,5H2. The normalized spacial score (nSPS) is 10.7. The summed E-state index contributed by atoms with van der Waals surface area (Å²) in [5, 5.41) is 4.34. The van der Waals surface area contributed by atoms with Gasteiger partial charge >= 0.3 is 0 Å². The third-order valence-electron chi connectivity index (χ3n) is 2.27. The van der Waals surface area contributed by atoms with E-state index in [9.17, 15) is 9.18 Å². The molecule has 3 nitrogen and oxygen atoms in total. The van der Waals surface area contributed by atoms with Crippen molar-refractivity contribution >= 4 is 43.5 Å². The molecule has 1 aromatic carbocycles. The molecule has 0 fully saturated rings. The number of halogens is 4. The first-order chi connectivity index (χ1) is 8.49. The smallest absolute Gasteiger partial charge is 0.266 e. The molecule has 2 rings (SSSR count). The molecule has 0 radical (unpaired) electrons. The fraction of sp³-hybridized carbons (Fsp3) is 0.0909. The largest absolute Gasteiger partial charge is 0.282 e. The Morgan fingerprint density at radius 1 is 1.39 bits per heavy atom. The van der Waals surface area contributed by atoms with E-state index in [4.69, 9.17) is 11.6 Å². The maximum atomic E-state index is 13.1. The molecule has 0 aliphatic heterocycles. The molecule has 0 saturated heterocycles. The number of hydrogen-bond acceptors (Lipinski definition) is 2. The van der Waals surface area contributed by atoms with Gasteiger partial charge in [-0.15, -0.1) is 0 Å². The van der Waals surface area contributed by atoms with Crippen LogP contribution in [0.4, 0.5) is 4.39 Å². The van der Waals surface area contributed by atoms with Crippen molar-refractivity contribution in [2.75, 3.05) is 0 Å². The van der Waals surface area contributed by atoms with Crippen LogP contribution in [0.3, 0.4) is 0 Å². The molecule has 0 spiro atoms. The van der Waals surface area contributed by atoms with Crippen molar-refractivity contribution in [2.24, 2.45) is 0 Å². The summed E-state index contributed by atoms with van der Waals surface area (Å²) in [6.45, 7) is 0.112. The maximum absolute atomic E-state index is 13.1. The molecule has 18 heavy (non-hydrogen) atoms. The van der Waals surface area contributed by atoms with Gasteiger partial charge in [0, 0.05) is 5.02 Å². The SMILES string of the molecule is O=c1c(Br)c(Br)cnn1Cc1cc(F)ccc1Cl. The van der Waals surface area contributed by atoms with Crippen LogP contribution in [0.15, 0.2) is 38.1 Å². The lowest BCUT2D eigenvalue weighted by molar-refractivity contribution is 0.608. The second-order valence-corrected chi connectivity index (χ2v) is 5.56. The van der Waals surface area contributed by atoms with Crippen molar-refractivity contribution in [1.82, 2.24) is 9.78 Å². The van der Waals surface area contributed by atoms with Crippen molar-refractivity contribution in [2.45, 2.75) is 6.54 Å². The molecule has 0 aliphatic carbocycles. The van der Waals surface area contributed by atoms with Crippen molar-refractivity contribution in [3.05, 3.63) is 60.1 Å². The minimum atomic E-state index is -0.404. The summed E-state index contributed by atoms with van der Waals surface area (Å²) in [6, 6.07) is 4.00. The maximum Gasteiger partial charge on any atom is 0.282 e. The van der Waals surface area contributed by atoms with Crippen LogP contribution in [-0.2, 0) is 6.54 Å². The Labute approximate surface area is 124 Å². The van der Waals surface area contributed by atoms with Gasteiger partial charge < -0.3 is 0 Å². The number of benzene rings is 1. The van der Waals surface area contributed by atoms with Crippen LogP contribution in [0.5, 0.6) is 0 Å². The van der Waals surface area contributed by atoms with Gasteiger partial charge in [-0.2, -0.15) is 5.10 Å². The van der Waals surface area contributed by atoms with Gasteiger partial charge in [0.2, 0.25) is 0 Å².